The summed E-state index contributed by atoms with van der Waals surface area (Å²) in [7, 11) is 0. The number of ether oxygens (including phenoxy) is 1. The highest BCUT2D eigenvalue weighted by Gasteiger charge is 2.40. The van der Waals surface area contributed by atoms with Crippen molar-refractivity contribution in [1.82, 2.24) is 20.4 Å². The van der Waals surface area contributed by atoms with Crippen molar-refractivity contribution in [3.8, 4) is 11.8 Å². The molecule has 2 bridgehead atoms. The first-order valence-electron chi connectivity index (χ1n) is 8.42. The van der Waals surface area contributed by atoms with E-state index < -0.39 is 0 Å². The number of aromatic nitrogens is 2. The van der Waals surface area contributed by atoms with Crippen LogP contribution in [0.3, 0.4) is 0 Å². The summed E-state index contributed by atoms with van der Waals surface area (Å²) in [5.74, 6) is 1.01. The summed E-state index contributed by atoms with van der Waals surface area (Å²) in [5.41, 5.74) is 0.597. The molecule has 5 rings (SSSR count). The number of hydrogen-bond donors (Lipinski definition) is 1. The summed E-state index contributed by atoms with van der Waals surface area (Å²) in [4.78, 5) is 15.0. The molecule has 1 N–H and O–H groups in total. The largest absolute Gasteiger partial charge is 0.421 e. The number of fused-ring (bicyclic) bond motifs is 3. The number of carbonyl (C=O) groups is 1. The highest BCUT2D eigenvalue weighted by atomic mass is 35.5. The Morgan fingerprint density at radius 1 is 1.28 bits per heavy atom. The van der Waals surface area contributed by atoms with Crippen molar-refractivity contribution in [3.05, 3.63) is 35.2 Å². The summed E-state index contributed by atoms with van der Waals surface area (Å²) in [6.07, 6.45) is 2.28. The van der Waals surface area contributed by atoms with Crippen LogP contribution in [0.15, 0.2) is 28.7 Å². The van der Waals surface area contributed by atoms with Gasteiger partial charge >= 0.3 is 11.4 Å². The van der Waals surface area contributed by atoms with Gasteiger partial charge in [-0.25, -0.2) is 0 Å². The zero-order valence-electron chi connectivity index (χ0n) is 13.8. The first-order valence-corrected chi connectivity index (χ1v) is 8.80. The lowest BCUT2D eigenvalue weighted by atomic mass is 9.79. The van der Waals surface area contributed by atoms with Gasteiger partial charge in [-0.3, -0.25) is 9.69 Å². The molecule has 2 atom stereocenters. The highest BCUT2D eigenvalue weighted by Crippen LogP contribution is 2.32. The van der Waals surface area contributed by atoms with Gasteiger partial charge in [-0.15, -0.1) is 0 Å². The number of piperidine rings is 3. The normalized spacial score (nSPS) is 27.9. The third-order valence-corrected chi connectivity index (χ3v) is 5.33. The number of nitrogens with one attached hydrogen (secondary N) is 1. The predicted molar refractivity (Wildman–Crippen MR) is 90.8 cm³/mol. The smallest absolute Gasteiger partial charge is 0.410 e. The third kappa shape index (κ3) is 3.34. The van der Waals surface area contributed by atoms with Gasteiger partial charge in [0.1, 0.15) is 5.75 Å². The molecule has 1 amide bonds. The SMILES string of the molecule is C[C@H]1[C@H](NC(=O)c2ccc(Oc3nnc(Cl)o3)cc2)C2CCN1CC2. The van der Waals surface area contributed by atoms with Crippen molar-refractivity contribution in [2.45, 2.75) is 31.8 Å². The summed E-state index contributed by atoms with van der Waals surface area (Å²) in [6.45, 7) is 4.48. The van der Waals surface area contributed by atoms with E-state index in [-0.39, 0.29) is 23.4 Å². The van der Waals surface area contributed by atoms with Gasteiger partial charge in [0.25, 0.3) is 5.91 Å². The van der Waals surface area contributed by atoms with Crippen LogP contribution >= 0.6 is 11.6 Å². The number of benzene rings is 1. The number of carbonyl (C=O) groups excluding carboxylic acids is 1. The van der Waals surface area contributed by atoms with Gasteiger partial charge in [-0.1, -0.05) is 10.2 Å². The second-order valence-electron chi connectivity index (χ2n) is 6.56. The zero-order chi connectivity index (χ0) is 17.4. The average molecular weight is 363 g/mol. The zero-order valence-corrected chi connectivity index (χ0v) is 14.6. The second kappa shape index (κ2) is 6.65. The van der Waals surface area contributed by atoms with E-state index in [1.54, 1.807) is 24.3 Å². The van der Waals surface area contributed by atoms with E-state index in [0.717, 1.165) is 25.9 Å². The van der Waals surface area contributed by atoms with E-state index in [1.807, 2.05) is 0 Å². The molecule has 7 nitrogen and oxygen atoms in total. The summed E-state index contributed by atoms with van der Waals surface area (Å²) in [6, 6.07) is 7.41. The molecule has 1 aromatic heterocycles. The van der Waals surface area contributed by atoms with Gasteiger partial charge in [0.05, 0.1) is 0 Å². The average Bonchev–Trinajstić information content (AvgIpc) is 3.04. The minimum absolute atomic E-state index is 0.0386. The maximum absolute atomic E-state index is 12.6. The quantitative estimate of drug-likeness (QED) is 0.900. The second-order valence-corrected chi connectivity index (χ2v) is 6.88. The molecular formula is C17H19ClN4O3. The number of hydrogen-bond acceptors (Lipinski definition) is 6. The Morgan fingerprint density at radius 2 is 2.00 bits per heavy atom. The number of halogens is 1. The van der Waals surface area contributed by atoms with E-state index in [2.05, 4.69) is 27.3 Å². The van der Waals surface area contributed by atoms with Crippen molar-refractivity contribution < 1.29 is 13.9 Å². The number of nitrogens with zero attached hydrogens (tertiary/aromatic N) is 3. The Balaban J connectivity index is 1.40. The van der Waals surface area contributed by atoms with Crippen LogP contribution in [0.1, 0.15) is 30.1 Å². The molecule has 4 heterocycles. The van der Waals surface area contributed by atoms with Crippen LogP contribution in [0.25, 0.3) is 0 Å². The molecule has 0 unspecified atom stereocenters. The Labute approximate surface area is 150 Å². The molecule has 3 saturated heterocycles. The molecule has 3 aliphatic rings. The predicted octanol–water partition coefficient (Wildman–Crippen LogP) is 2.73. The molecular weight excluding hydrogens is 344 g/mol. The van der Waals surface area contributed by atoms with Gasteiger partial charge < -0.3 is 14.5 Å². The monoisotopic (exact) mass is 362 g/mol. The summed E-state index contributed by atoms with van der Waals surface area (Å²) >= 11 is 5.55. The lowest BCUT2D eigenvalue weighted by Crippen LogP contribution is -2.62. The van der Waals surface area contributed by atoms with Crippen molar-refractivity contribution in [2.24, 2.45) is 5.92 Å². The fraction of sp³-hybridized carbons (Fsp3) is 0.471. The van der Waals surface area contributed by atoms with E-state index >= 15 is 0 Å². The molecule has 1 aromatic carbocycles. The summed E-state index contributed by atoms with van der Waals surface area (Å²) < 4.78 is 10.3. The molecule has 132 valence electrons. The minimum Gasteiger partial charge on any atom is -0.410 e. The first kappa shape index (κ1) is 16.4. The van der Waals surface area contributed by atoms with Gasteiger partial charge in [-0.05, 0) is 74.6 Å². The maximum atomic E-state index is 12.6. The molecule has 25 heavy (non-hydrogen) atoms. The van der Waals surface area contributed by atoms with E-state index in [9.17, 15) is 4.79 Å². The molecule has 0 saturated carbocycles. The lowest BCUT2D eigenvalue weighted by Gasteiger charge is -2.49. The van der Waals surface area contributed by atoms with Crippen LogP contribution in [0.2, 0.25) is 5.35 Å². The maximum Gasteiger partial charge on any atom is 0.421 e. The molecule has 0 radical (unpaired) electrons. The minimum atomic E-state index is -0.0855. The van der Waals surface area contributed by atoms with Crippen LogP contribution in [0.5, 0.6) is 11.8 Å². The van der Waals surface area contributed by atoms with Gasteiger partial charge in [0.15, 0.2) is 0 Å². The van der Waals surface area contributed by atoms with E-state index in [4.69, 9.17) is 20.8 Å². The van der Waals surface area contributed by atoms with Crippen molar-refractivity contribution in [3.63, 3.8) is 0 Å². The number of amides is 1. The third-order valence-electron chi connectivity index (χ3n) is 5.18. The fourth-order valence-corrected chi connectivity index (χ4v) is 3.89. The Kier molecular flexibility index (Phi) is 4.35. The van der Waals surface area contributed by atoms with E-state index in [0.29, 0.717) is 23.3 Å². The van der Waals surface area contributed by atoms with Crippen LogP contribution in [0.4, 0.5) is 0 Å². The molecule has 0 aliphatic carbocycles. The topological polar surface area (TPSA) is 80.5 Å². The van der Waals surface area contributed by atoms with Crippen molar-refractivity contribution >= 4 is 17.5 Å². The van der Waals surface area contributed by atoms with Crippen molar-refractivity contribution in [2.75, 3.05) is 13.1 Å². The molecule has 3 fully saturated rings. The van der Waals surface area contributed by atoms with Crippen LogP contribution in [-0.2, 0) is 0 Å². The molecule has 2 aromatic rings. The molecule has 8 heteroatoms. The fourth-order valence-electron chi connectivity index (χ4n) is 3.79. The van der Waals surface area contributed by atoms with E-state index in [1.165, 1.54) is 0 Å². The van der Waals surface area contributed by atoms with Gasteiger partial charge in [-0.2, -0.15) is 0 Å². The molecule has 0 spiro atoms. The Morgan fingerprint density at radius 3 is 2.60 bits per heavy atom. The van der Waals surface area contributed by atoms with Gasteiger partial charge in [0.2, 0.25) is 0 Å². The first-order chi connectivity index (χ1) is 12.1. The molecule has 3 aliphatic heterocycles. The summed E-state index contributed by atoms with van der Waals surface area (Å²) in [5, 5.41) is 10.2. The Bertz CT molecular complexity index is 754. The van der Waals surface area contributed by atoms with Crippen LogP contribution in [-0.4, -0.2) is 46.2 Å². The van der Waals surface area contributed by atoms with Crippen molar-refractivity contribution in [1.29, 1.82) is 0 Å². The van der Waals surface area contributed by atoms with Crippen LogP contribution < -0.4 is 10.1 Å². The van der Waals surface area contributed by atoms with Gasteiger partial charge in [0, 0.05) is 17.6 Å². The highest BCUT2D eigenvalue weighted by molar-refractivity contribution is 6.27. The number of rotatable bonds is 4. The van der Waals surface area contributed by atoms with Crippen LogP contribution in [0, 0.1) is 5.92 Å². The standard InChI is InChI=1S/C17H19ClN4O3/c1-10-14(11-6-8-22(10)9-7-11)19-15(23)12-2-4-13(5-3-12)24-17-21-20-16(18)25-17/h2-5,10-11,14H,6-9H2,1H3,(H,19,23)/t10-,14-/m0/s1. The lowest BCUT2D eigenvalue weighted by molar-refractivity contribution is 0.0217. The Hall–Kier alpha value is -2.12.